The number of carbonyl (C=O) groups excluding carboxylic acids is 4. The van der Waals surface area contributed by atoms with Gasteiger partial charge in [0.25, 0.3) is 0 Å². The number of benzene rings is 2. The van der Waals surface area contributed by atoms with E-state index in [0.29, 0.717) is 48.8 Å². The molecule has 2 aromatic carbocycles. The fraction of sp³-hybridized carbons (Fsp3) is 0.549. The van der Waals surface area contributed by atoms with Gasteiger partial charge in [0.2, 0.25) is 11.8 Å². The van der Waals surface area contributed by atoms with E-state index < -0.39 is 53.0 Å². The first-order chi connectivity index (χ1) is 34.8. The Kier molecular flexibility index (Phi) is 19.1. The number of ether oxygens (including phenoxy) is 4. The number of esters is 1. The molecule has 0 saturated carbocycles. The minimum Gasteiger partial charge on any atom is -0.489 e. The van der Waals surface area contributed by atoms with Crippen LogP contribution in [0, 0.1) is 0 Å². The summed E-state index contributed by atoms with van der Waals surface area (Å²) in [7, 11) is 0. The Morgan fingerprint density at radius 1 is 0.680 bits per heavy atom. The number of nitrogens with zero attached hydrogens (tertiary/aromatic N) is 7. The van der Waals surface area contributed by atoms with E-state index in [4.69, 9.17) is 24.1 Å². The van der Waals surface area contributed by atoms with Crippen LogP contribution in [0.4, 0.5) is 42.5 Å². The van der Waals surface area contributed by atoms with E-state index in [9.17, 15) is 50.3 Å². The number of anilines is 2. The van der Waals surface area contributed by atoms with E-state index in [0.717, 1.165) is 11.1 Å². The van der Waals surface area contributed by atoms with E-state index in [2.05, 4.69) is 15.5 Å². The van der Waals surface area contributed by atoms with Crippen molar-refractivity contribution in [3.8, 4) is 11.5 Å². The number of amides is 3. The summed E-state index contributed by atoms with van der Waals surface area (Å²) >= 11 is 0. The molecule has 0 aliphatic carbocycles. The lowest BCUT2D eigenvalue weighted by Gasteiger charge is -2.29. The fourth-order valence-electron chi connectivity index (χ4n) is 7.77. The molecule has 2 aliphatic heterocycles. The molecular weight excluding hydrogens is 999 g/mol. The molecule has 2 N–H and O–H groups in total. The van der Waals surface area contributed by atoms with Crippen molar-refractivity contribution in [2.24, 2.45) is 0 Å². The van der Waals surface area contributed by atoms with Gasteiger partial charge < -0.3 is 39.2 Å². The third kappa shape index (κ3) is 17.1. The lowest BCUT2D eigenvalue weighted by molar-refractivity contribution is -0.155. The number of alkyl halides is 6. The van der Waals surface area contributed by atoms with Crippen LogP contribution in [-0.4, -0.2) is 110 Å². The van der Waals surface area contributed by atoms with Gasteiger partial charge in [0, 0.05) is 73.2 Å². The SMILES string of the molecule is CC(C)n1cc(COc2ccc3c(c2)CCN3C(=O)CN(CCC(=O)OC(C)(C)C)C(=O)OC(C)(C)C)c(C(F)(F)F)n1.CC(C)n1cc(COc2ccc3c(c2)CCN3C(=O)CNCCC(=O)O)c(C(F)(F)F)n1. The smallest absolute Gasteiger partial charge is 0.435 e. The summed E-state index contributed by atoms with van der Waals surface area (Å²) in [5.74, 6) is -1.25. The van der Waals surface area contributed by atoms with Crippen LogP contribution in [-0.2, 0) is 67.1 Å². The molecule has 4 aromatic rings. The number of hydrogen-bond donors (Lipinski definition) is 2. The maximum absolute atomic E-state index is 13.5. The van der Waals surface area contributed by atoms with Crippen molar-refractivity contribution in [2.75, 3.05) is 49.1 Å². The molecule has 6 rings (SSSR count). The first-order valence-electron chi connectivity index (χ1n) is 24.3. The normalized spacial score (nSPS) is 13.6. The average molecular weight is 1070 g/mol. The highest BCUT2D eigenvalue weighted by atomic mass is 19.4. The molecule has 0 bridgehead atoms. The quantitative estimate of drug-likeness (QED) is 0.0544. The predicted molar refractivity (Wildman–Crippen MR) is 262 cm³/mol. The van der Waals surface area contributed by atoms with Crippen molar-refractivity contribution in [2.45, 2.75) is 144 Å². The van der Waals surface area contributed by atoms with Crippen LogP contribution in [0.5, 0.6) is 11.5 Å². The molecule has 0 unspecified atom stereocenters. The van der Waals surface area contributed by atoms with E-state index in [1.807, 2.05) is 0 Å². The third-order valence-corrected chi connectivity index (χ3v) is 11.3. The molecule has 3 amide bonds. The number of halogens is 6. The number of carbonyl (C=O) groups is 5. The Labute approximate surface area is 431 Å². The van der Waals surface area contributed by atoms with Gasteiger partial charge in [-0.1, -0.05) is 0 Å². The second-order valence-corrected chi connectivity index (χ2v) is 20.5. The van der Waals surface area contributed by atoms with E-state index in [1.165, 1.54) is 31.6 Å². The van der Waals surface area contributed by atoms with Gasteiger partial charge in [-0.05, 0) is 130 Å². The van der Waals surface area contributed by atoms with Crippen LogP contribution in [0.25, 0.3) is 0 Å². The van der Waals surface area contributed by atoms with Gasteiger partial charge in [-0.2, -0.15) is 36.5 Å². The van der Waals surface area contributed by atoms with Crippen LogP contribution in [0.3, 0.4) is 0 Å². The van der Waals surface area contributed by atoms with E-state index in [1.54, 1.807) is 111 Å². The van der Waals surface area contributed by atoms with Crippen molar-refractivity contribution >= 4 is 41.2 Å². The minimum absolute atomic E-state index is 0.0189. The molecule has 2 aromatic heterocycles. The van der Waals surface area contributed by atoms with Crippen LogP contribution < -0.4 is 24.6 Å². The third-order valence-electron chi connectivity index (χ3n) is 11.3. The first kappa shape index (κ1) is 59.0. The zero-order chi connectivity index (χ0) is 55.8. The highest BCUT2D eigenvalue weighted by Gasteiger charge is 2.39. The summed E-state index contributed by atoms with van der Waals surface area (Å²) in [5.41, 5.74) is -0.615. The molecule has 0 saturated heterocycles. The molecule has 0 fully saturated rings. The van der Waals surface area contributed by atoms with Gasteiger partial charge in [0.05, 0.1) is 19.4 Å². The van der Waals surface area contributed by atoms with Gasteiger partial charge in [0.15, 0.2) is 11.4 Å². The number of carboxylic acids is 1. The molecule has 0 spiro atoms. The number of rotatable bonds is 18. The Morgan fingerprint density at radius 2 is 1.13 bits per heavy atom. The highest BCUT2D eigenvalue weighted by molar-refractivity contribution is 5.98. The van der Waals surface area contributed by atoms with Gasteiger partial charge >= 0.3 is 30.4 Å². The van der Waals surface area contributed by atoms with Crippen molar-refractivity contribution in [1.82, 2.24) is 29.8 Å². The number of aromatic nitrogens is 4. The molecule has 412 valence electrons. The summed E-state index contributed by atoms with van der Waals surface area (Å²) in [6.07, 6.45) is -6.35. The number of hydrogen-bond acceptors (Lipinski definition) is 12. The Bertz CT molecular complexity index is 2670. The Balaban J connectivity index is 0.000000289. The first-order valence-corrected chi connectivity index (χ1v) is 24.3. The second-order valence-electron chi connectivity index (χ2n) is 20.5. The van der Waals surface area contributed by atoms with Crippen LogP contribution >= 0.6 is 0 Å². The van der Waals surface area contributed by atoms with E-state index >= 15 is 0 Å². The van der Waals surface area contributed by atoms with Crippen molar-refractivity contribution in [3.05, 3.63) is 82.4 Å². The number of carboxylic acid groups (broad SMARTS) is 1. The van der Waals surface area contributed by atoms with Gasteiger partial charge in [-0.15, -0.1) is 0 Å². The summed E-state index contributed by atoms with van der Waals surface area (Å²) in [6.45, 7) is 17.3. The molecule has 18 nitrogen and oxygen atoms in total. The molecule has 0 radical (unpaired) electrons. The predicted octanol–water partition coefficient (Wildman–Crippen LogP) is 8.94. The number of aliphatic carboxylic acids is 1. The molecule has 0 atom stereocenters. The zero-order valence-corrected chi connectivity index (χ0v) is 43.8. The second kappa shape index (κ2) is 24.2. The maximum atomic E-state index is 13.5. The number of nitrogens with one attached hydrogen (secondary N) is 1. The lowest BCUT2D eigenvalue weighted by Crippen LogP contribution is -2.45. The van der Waals surface area contributed by atoms with Crippen molar-refractivity contribution in [1.29, 1.82) is 0 Å². The molecule has 4 heterocycles. The zero-order valence-electron chi connectivity index (χ0n) is 43.8. The topological polar surface area (TPSA) is 200 Å². The summed E-state index contributed by atoms with van der Waals surface area (Å²) in [4.78, 5) is 65.8. The van der Waals surface area contributed by atoms with Crippen LogP contribution in [0.1, 0.15) is 128 Å². The Hall–Kier alpha value is -6.85. The summed E-state index contributed by atoms with van der Waals surface area (Å²) in [6, 6.07) is 9.51. The van der Waals surface area contributed by atoms with Gasteiger partial charge in [-0.3, -0.25) is 33.4 Å². The fourth-order valence-corrected chi connectivity index (χ4v) is 7.77. The van der Waals surface area contributed by atoms with Crippen molar-refractivity contribution < 1.29 is 74.4 Å². The molecular formula is C51H66F6N8O10. The van der Waals surface area contributed by atoms with Crippen molar-refractivity contribution in [3.63, 3.8) is 0 Å². The van der Waals surface area contributed by atoms with Gasteiger partial charge in [-0.25, -0.2) is 4.79 Å². The van der Waals surface area contributed by atoms with Crippen LogP contribution in [0.15, 0.2) is 48.8 Å². The summed E-state index contributed by atoms with van der Waals surface area (Å²) in [5, 5.41) is 18.8. The molecule has 2 aliphatic rings. The lowest BCUT2D eigenvalue weighted by atomic mass is 10.1. The monoisotopic (exact) mass is 1060 g/mol. The minimum atomic E-state index is -4.61. The Morgan fingerprint density at radius 3 is 1.55 bits per heavy atom. The summed E-state index contributed by atoms with van der Waals surface area (Å²) < 4.78 is 105. The standard InChI is InChI=1S/C30H41F3N4O6.C21H25F3N4O4/c1-19(2)37-16-21(26(34-37)30(31,32)33)18-41-22-9-10-23-20(15-22)11-14-36(23)24(38)17-35(27(40)43-29(6,7)8)13-12-25(39)42-28(3,4)5;1-13(2)28-11-15(20(26-28)21(22,23)24)12-32-16-3-4-17-14(9-16)6-8-27(17)18(29)10-25-7-5-19(30)31/h9-10,15-16,19H,11-14,17-18H2,1-8H3;3-4,9,11,13,25H,5-8,10,12H2,1-2H3,(H,30,31). The van der Waals surface area contributed by atoms with Gasteiger partial charge in [0.1, 0.15) is 42.5 Å². The largest absolute Gasteiger partial charge is 0.489 e. The van der Waals surface area contributed by atoms with Crippen LogP contribution in [0.2, 0.25) is 0 Å². The van der Waals surface area contributed by atoms with E-state index in [-0.39, 0.29) is 87.3 Å². The number of fused-ring (bicyclic) bond motifs is 2. The molecule has 24 heteroatoms. The maximum Gasteiger partial charge on any atom is 0.435 e. The highest BCUT2D eigenvalue weighted by Crippen LogP contribution is 2.36. The average Bonchev–Trinajstić information content (AvgIpc) is 4.11. The molecule has 75 heavy (non-hydrogen) atoms.